The molecule has 6 heteroatoms. The number of aromatic nitrogens is 2. The van der Waals surface area contributed by atoms with Gasteiger partial charge in [-0.3, -0.25) is 0 Å². The molecule has 2 heterocycles. The minimum Gasteiger partial charge on any atom is -0.311 e. The van der Waals surface area contributed by atoms with Gasteiger partial charge >= 0.3 is 0 Å². The topological polar surface area (TPSA) is 17.8 Å². The summed E-state index contributed by atoms with van der Waals surface area (Å²) in [6, 6.07) is 3.21. The lowest BCUT2D eigenvalue weighted by Gasteiger charge is -2.09. The van der Waals surface area contributed by atoms with Gasteiger partial charge in [0.1, 0.15) is 4.60 Å². The molecule has 0 bridgehead atoms. The summed E-state index contributed by atoms with van der Waals surface area (Å²) in [6.07, 6.45) is -2.72. The van der Waals surface area contributed by atoms with E-state index in [1.54, 1.807) is 12.1 Å². The monoisotopic (exact) mass is 278 g/mol. The summed E-state index contributed by atoms with van der Waals surface area (Å²) in [7, 11) is 0. The highest BCUT2D eigenvalue weighted by atomic mass is 79.9. The van der Waals surface area contributed by atoms with Gasteiger partial charge in [0, 0.05) is 11.6 Å². The SMILES string of the molecule is FC(F)C(F)n1ccc2cc(Br)ncc21. The van der Waals surface area contributed by atoms with Crippen molar-refractivity contribution in [2.75, 3.05) is 0 Å². The van der Waals surface area contributed by atoms with Crippen molar-refractivity contribution in [2.24, 2.45) is 0 Å². The average molecular weight is 279 g/mol. The van der Waals surface area contributed by atoms with Crippen LogP contribution < -0.4 is 0 Å². The molecule has 2 rings (SSSR count). The normalized spacial score (nSPS) is 13.7. The van der Waals surface area contributed by atoms with E-state index in [1.165, 1.54) is 12.4 Å². The van der Waals surface area contributed by atoms with Crippen molar-refractivity contribution in [1.82, 2.24) is 9.55 Å². The maximum atomic E-state index is 13.1. The number of alkyl halides is 3. The summed E-state index contributed by atoms with van der Waals surface area (Å²) < 4.78 is 38.9. The summed E-state index contributed by atoms with van der Waals surface area (Å²) in [4.78, 5) is 3.87. The van der Waals surface area contributed by atoms with E-state index in [9.17, 15) is 13.2 Å². The molecule has 0 spiro atoms. The first-order valence-electron chi connectivity index (χ1n) is 4.14. The predicted molar refractivity (Wildman–Crippen MR) is 53.6 cm³/mol. The van der Waals surface area contributed by atoms with E-state index < -0.39 is 12.7 Å². The first-order chi connectivity index (χ1) is 7.09. The fourth-order valence-corrected chi connectivity index (χ4v) is 1.71. The van der Waals surface area contributed by atoms with Gasteiger partial charge in [0.25, 0.3) is 6.43 Å². The molecule has 0 aliphatic rings. The van der Waals surface area contributed by atoms with Crippen LogP contribution in [-0.4, -0.2) is 16.0 Å². The van der Waals surface area contributed by atoms with Crippen molar-refractivity contribution in [1.29, 1.82) is 0 Å². The maximum Gasteiger partial charge on any atom is 0.288 e. The number of pyridine rings is 1. The number of halogens is 4. The molecule has 2 aromatic heterocycles. The smallest absolute Gasteiger partial charge is 0.288 e. The molecule has 0 N–H and O–H groups in total. The number of hydrogen-bond acceptors (Lipinski definition) is 1. The van der Waals surface area contributed by atoms with E-state index in [2.05, 4.69) is 20.9 Å². The van der Waals surface area contributed by atoms with Gasteiger partial charge in [0.15, 0.2) is 0 Å². The highest BCUT2D eigenvalue weighted by molar-refractivity contribution is 9.10. The van der Waals surface area contributed by atoms with E-state index in [1.807, 2.05) is 0 Å². The van der Waals surface area contributed by atoms with Crippen LogP contribution in [0.1, 0.15) is 6.30 Å². The third kappa shape index (κ3) is 1.86. The summed E-state index contributed by atoms with van der Waals surface area (Å²) >= 11 is 3.15. The second-order valence-corrected chi connectivity index (χ2v) is 3.81. The fourth-order valence-electron chi connectivity index (χ4n) is 1.36. The van der Waals surface area contributed by atoms with E-state index >= 15 is 0 Å². The average Bonchev–Trinajstić information content (AvgIpc) is 2.59. The van der Waals surface area contributed by atoms with Crippen LogP contribution in [0.2, 0.25) is 0 Å². The second-order valence-electron chi connectivity index (χ2n) is 3.00. The Morgan fingerprint density at radius 2 is 2.07 bits per heavy atom. The summed E-state index contributed by atoms with van der Waals surface area (Å²) in [5.74, 6) is 0. The molecule has 1 unspecified atom stereocenters. The van der Waals surface area contributed by atoms with Gasteiger partial charge in [0.05, 0.1) is 11.7 Å². The number of rotatable bonds is 2. The molecule has 1 atom stereocenters. The maximum absolute atomic E-state index is 13.1. The molecular formula is C9H6BrF3N2. The zero-order valence-corrected chi connectivity index (χ0v) is 8.96. The van der Waals surface area contributed by atoms with Gasteiger partial charge in [-0.25, -0.2) is 18.2 Å². The Morgan fingerprint density at radius 1 is 1.33 bits per heavy atom. The van der Waals surface area contributed by atoms with Crippen LogP contribution in [0.15, 0.2) is 29.1 Å². The van der Waals surface area contributed by atoms with Crippen LogP contribution >= 0.6 is 15.9 Å². The number of hydrogen-bond donors (Lipinski definition) is 0. The third-order valence-corrected chi connectivity index (χ3v) is 2.48. The van der Waals surface area contributed by atoms with Crippen LogP contribution in [0.25, 0.3) is 10.9 Å². The summed E-state index contributed by atoms with van der Waals surface area (Å²) in [6.45, 7) is 0. The molecule has 15 heavy (non-hydrogen) atoms. The molecule has 0 saturated heterocycles. The van der Waals surface area contributed by atoms with Crippen LogP contribution in [0.4, 0.5) is 13.2 Å². The van der Waals surface area contributed by atoms with Gasteiger partial charge in [-0.15, -0.1) is 0 Å². The Morgan fingerprint density at radius 3 is 2.73 bits per heavy atom. The highest BCUT2D eigenvalue weighted by Gasteiger charge is 2.22. The molecule has 0 aliphatic carbocycles. The Bertz CT molecular complexity index is 483. The lowest BCUT2D eigenvalue weighted by atomic mass is 10.3. The molecule has 0 radical (unpaired) electrons. The summed E-state index contributed by atoms with van der Waals surface area (Å²) in [5, 5.41) is 0.667. The van der Waals surface area contributed by atoms with Crippen molar-refractivity contribution >= 4 is 26.8 Å². The molecular weight excluding hydrogens is 273 g/mol. The van der Waals surface area contributed by atoms with E-state index in [0.717, 1.165) is 4.57 Å². The zero-order chi connectivity index (χ0) is 11.0. The highest BCUT2D eigenvalue weighted by Crippen LogP contribution is 2.25. The van der Waals surface area contributed by atoms with Crippen LogP contribution in [0, 0.1) is 0 Å². The predicted octanol–water partition coefficient (Wildman–Crippen LogP) is 3.53. The van der Waals surface area contributed by atoms with E-state index in [0.29, 0.717) is 15.5 Å². The Labute approximate surface area is 91.8 Å². The number of nitrogens with zero attached hydrogens (tertiary/aromatic N) is 2. The minimum absolute atomic E-state index is 0.353. The number of fused-ring (bicyclic) bond motifs is 1. The minimum atomic E-state index is -3.04. The van der Waals surface area contributed by atoms with Gasteiger partial charge < -0.3 is 4.57 Å². The van der Waals surface area contributed by atoms with Gasteiger partial charge in [0.2, 0.25) is 6.30 Å². The first-order valence-corrected chi connectivity index (χ1v) is 4.93. The molecule has 0 aliphatic heterocycles. The molecule has 0 aromatic carbocycles. The van der Waals surface area contributed by atoms with Crippen molar-refractivity contribution in [2.45, 2.75) is 12.7 Å². The van der Waals surface area contributed by atoms with Gasteiger partial charge in [-0.1, -0.05) is 0 Å². The molecule has 80 valence electrons. The standard InChI is InChI=1S/C9H6BrF3N2/c10-7-3-5-1-2-15(6(5)4-14-7)9(13)8(11)12/h1-4,8-9H. The summed E-state index contributed by atoms with van der Waals surface area (Å²) in [5.41, 5.74) is 0.353. The molecule has 0 amide bonds. The van der Waals surface area contributed by atoms with Gasteiger partial charge in [-0.2, -0.15) is 0 Å². The van der Waals surface area contributed by atoms with Crippen molar-refractivity contribution in [3.8, 4) is 0 Å². The van der Waals surface area contributed by atoms with E-state index in [4.69, 9.17) is 0 Å². The van der Waals surface area contributed by atoms with Crippen LogP contribution in [0.3, 0.4) is 0 Å². The zero-order valence-electron chi connectivity index (χ0n) is 7.37. The van der Waals surface area contributed by atoms with Crippen LogP contribution in [0.5, 0.6) is 0 Å². The second kappa shape index (κ2) is 3.84. The van der Waals surface area contributed by atoms with Crippen molar-refractivity contribution in [3.05, 3.63) is 29.1 Å². The third-order valence-electron chi connectivity index (χ3n) is 2.05. The van der Waals surface area contributed by atoms with Crippen LogP contribution in [-0.2, 0) is 0 Å². The lowest BCUT2D eigenvalue weighted by Crippen LogP contribution is -2.10. The van der Waals surface area contributed by atoms with Crippen molar-refractivity contribution < 1.29 is 13.2 Å². The lowest BCUT2D eigenvalue weighted by molar-refractivity contribution is 0.0106. The fraction of sp³-hybridized carbons (Fsp3) is 0.222. The quantitative estimate of drug-likeness (QED) is 0.769. The Kier molecular flexibility index (Phi) is 2.68. The van der Waals surface area contributed by atoms with Gasteiger partial charge in [-0.05, 0) is 28.1 Å². The molecule has 0 saturated carbocycles. The van der Waals surface area contributed by atoms with Crippen molar-refractivity contribution in [3.63, 3.8) is 0 Å². The largest absolute Gasteiger partial charge is 0.311 e. The Hall–Kier alpha value is -1.04. The molecule has 0 fully saturated rings. The molecule has 2 nitrogen and oxygen atoms in total. The molecule has 2 aromatic rings. The Balaban J connectivity index is 2.54. The first kappa shape index (κ1) is 10.5. The van der Waals surface area contributed by atoms with E-state index in [-0.39, 0.29) is 0 Å².